The van der Waals surface area contributed by atoms with Crippen LogP contribution in [0, 0.1) is 5.41 Å². The average Bonchev–Trinajstić information content (AvgIpc) is 2.16. The normalized spacial score (nSPS) is 11.8. The smallest absolute Gasteiger partial charge is 0.0307 e. The molecule has 0 spiro atoms. The molecule has 0 bridgehead atoms. The maximum absolute atomic E-state index is 5.58. The number of rotatable bonds is 6. The van der Waals surface area contributed by atoms with Crippen LogP contribution in [0.4, 0.5) is 0 Å². The molecular formula is C16H38ClN. The summed E-state index contributed by atoms with van der Waals surface area (Å²) in [4.78, 5) is 0. The second-order valence-corrected chi connectivity index (χ2v) is 7.06. The second-order valence-electron chi connectivity index (χ2n) is 6.32. The Morgan fingerprint density at radius 1 is 0.889 bits per heavy atom. The largest absolute Gasteiger partial charge is 0.317 e. The molecule has 0 aliphatic carbocycles. The predicted octanol–water partition coefficient (Wildman–Crippen LogP) is 5.86. The van der Waals surface area contributed by atoms with E-state index in [2.05, 4.69) is 53.8 Å². The quantitative estimate of drug-likeness (QED) is 0.474. The fourth-order valence-corrected chi connectivity index (χ4v) is 1.09. The van der Waals surface area contributed by atoms with Crippen molar-refractivity contribution in [3.8, 4) is 0 Å². The lowest BCUT2D eigenvalue weighted by molar-refractivity contribution is 0.469. The highest BCUT2D eigenvalue weighted by Crippen LogP contribution is 2.08. The summed E-state index contributed by atoms with van der Waals surface area (Å²) in [5, 5.41) is 3.66. The fraction of sp³-hybridized carbons (Fsp3) is 1.00. The molecule has 0 fully saturated rings. The van der Waals surface area contributed by atoms with Crippen LogP contribution in [0.15, 0.2) is 0 Å². The summed E-state index contributed by atoms with van der Waals surface area (Å²) in [6.07, 6.45) is 4.84. The molecule has 0 amide bonds. The van der Waals surface area contributed by atoms with Crippen LogP contribution in [0.5, 0.6) is 0 Å². The maximum Gasteiger partial charge on any atom is 0.0307 e. The zero-order valence-electron chi connectivity index (χ0n) is 14.2. The van der Waals surface area contributed by atoms with Crippen LogP contribution < -0.4 is 5.32 Å². The summed E-state index contributed by atoms with van der Waals surface area (Å²) in [5.74, 6) is 0. The third kappa shape index (κ3) is 71.9. The van der Waals surface area contributed by atoms with Crippen LogP contribution in [0.2, 0.25) is 0 Å². The Bertz CT molecular complexity index is 118. The van der Waals surface area contributed by atoms with Crippen molar-refractivity contribution in [3.05, 3.63) is 0 Å². The first-order valence-corrected chi connectivity index (χ1v) is 7.97. The SMILES string of the molecule is CC(C)(C)C.CCCC(C)Cl.CCCNCCC. The summed E-state index contributed by atoms with van der Waals surface area (Å²) in [5.41, 5.74) is 0.500. The summed E-state index contributed by atoms with van der Waals surface area (Å²) >= 11 is 5.58. The van der Waals surface area contributed by atoms with Crippen LogP contribution in [0.1, 0.15) is 81.1 Å². The summed E-state index contributed by atoms with van der Waals surface area (Å²) < 4.78 is 0. The Hall–Kier alpha value is 0.250. The van der Waals surface area contributed by atoms with E-state index in [0.29, 0.717) is 10.8 Å². The highest BCUT2D eigenvalue weighted by molar-refractivity contribution is 6.20. The third-order valence-electron chi connectivity index (χ3n) is 1.54. The van der Waals surface area contributed by atoms with Gasteiger partial charge in [0.1, 0.15) is 0 Å². The van der Waals surface area contributed by atoms with Gasteiger partial charge in [-0.3, -0.25) is 0 Å². The first-order valence-electron chi connectivity index (χ1n) is 7.53. The maximum atomic E-state index is 5.58. The Morgan fingerprint density at radius 2 is 1.22 bits per heavy atom. The van der Waals surface area contributed by atoms with E-state index < -0.39 is 0 Å². The van der Waals surface area contributed by atoms with Gasteiger partial charge in [-0.05, 0) is 44.7 Å². The van der Waals surface area contributed by atoms with Gasteiger partial charge in [0.2, 0.25) is 0 Å². The highest BCUT2D eigenvalue weighted by atomic mass is 35.5. The minimum atomic E-state index is 0.370. The molecule has 1 unspecified atom stereocenters. The lowest BCUT2D eigenvalue weighted by Gasteiger charge is -2.05. The molecule has 0 heterocycles. The number of alkyl halides is 1. The van der Waals surface area contributed by atoms with Gasteiger partial charge in [-0.2, -0.15) is 0 Å². The minimum absolute atomic E-state index is 0.370. The van der Waals surface area contributed by atoms with E-state index in [1.807, 2.05) is 6.92 Å². The van der Waals surface area contributed by atoms with Crippen molar-refractivity contribution in [1.29, 1.82) is 0 Å². The van der Waals surface area contributed by atoms with Crippen molar-refractivity contribution in [1.82, 2.24) is 5.32 Å². The molecule has 0 saturated heterocycles. The van der Waals surface area contributed by atoms with E-state index in [0.717, 1.165) is 6.42 Å². The molecule has 0 aliphatic heterocycles. The number of hydrogen-bond acceptors (Lipinski definition) is 1. The van der Waals surface area contributed by atoms with Gasteiger partial charge in [0, 0.05) is 5.38 Å². The summed E-state index contributed by atoms with van der Waals surface area (Å²) in [6, 6.07) is 0. The second kappa shape index (κ2) is 17.2. The van der Waals surface area contributed by atoms with Gasteiger partial charge in [-0.1, -0.05) is 54.9 Å². The molecule has 1 nitrogen and oxygen atoms in total. The lowest BCUT2D eigenvalue weighted by atomic mass is 10.0. The standard InChI is InChI=1S/C6H15N.C5H11Cl.C5H12/c1-3-5-7-6-4-2;1-3-4-5(2)6;1-5(2,3)4/h7H,3-6H2,1-2H3;5H,3-4H2,1-2H3;1-4H3. The van der Waals surface area contributed by atoms with Crippen LogP contribution in [-0.2, 0) is 0 Å². The molecule has 2 heteroatoms. The first kappa shape index (κ1) is 23.4. The van der Waals surface area contributed by atoms with Crippen molar-refractivity contribution in [2.24, 2.45) is 5.41 Å². The minimum Gasteiger partial charge on any atom is -0.317 e. The van der Waals surface area contributed by atoms with Crippen LogP contribution in [0.3, 0.4) is 0 Å². The van der Waals surface area contributed by atoms with E-state index in [9.17, 15) is 0 Å². The molecule has 0 radical (unpaired) electrons. The molecule has 0 aromatic heterocycles. The molecule has 18 heavy (non-hydrogen) atoms. The topological polar surface area (TPSA) is 12.0 Å². The number of hydrogen-bond donors (Lipinski definition) is 1. The first-order chi connectivity index (χ1) is 8.18. The number of nitrogens with one attached hydrogen (secondary N) is 1. The highest BCUT2D eigenvalue weighted by Gasteiger charge is 1.95. The zero-order chi connectivity index (χ0) is 15.0. The van der Waals surface area contributed by atoms with E-state index >= 15 is 0 Å². The van der Waals surface area contributed by atoms with Gasteiger partial charge in [0.25, 0.3) is 0 Å². The van der Waals surface area contributed by atoms with E-state index in [1.165, 1.54) is 32.4 Å². The van der Waals surface area contributed by atoms with Gasteiger partial charge in [0.15, 0.2) is 0 Å². The molecule has 0 aromatic carbocycles. The van der Waals surface area contributed by atoms with E-state index in [1.54, 1.807) is 0 Å². The molecule has 1 atom stereocenters. The summed E-state index contributed by atoms with van der Waals surface area (Å²) in [6.45, 7) is 19.6. The summed E-state index contributed by atoms with van der Waals surface area (Å²) in [7, 11) is 0. The van der Waals surface area contributed by atoms with Crippen LogP contribution in [-0.4, -0.2) is 18.5 Å². The van der Waals surface area contributed by atoms with E-state index in [-0.39, 0.29) is 0 Å². The molecule has 0 rings (SSSR count). The predicted molar refractivity (Wildman–Crippen MR) is 88.8 cm³/mol. The van der Waals surface area contributed by atoms with Gasteiger partial charge < -0.3 is 5.32 Å². The molecule has 114 valence electrons. The van der Waals surface area contributed by atoms with Gasteiger partial charge in [-0.15, -0.1) is 11.6 Å². The van der Waals surface area contributed by atoms with Gasteiger partial charge >= 0.3 is 0 Å². The molecule has 0 aliphatic rings. The van der Waals surface area contributed by atoms with Crippen LogP contribution >= 0.6 is 11.6 Å². The zero-order valence-corrected chi connectivity index (χ0v) is 15.0. The molecule has 0 saturated carbocycles. The van der Waals surface area contributed by atoms with Crippen molar-refractivity contribution in [2.45, 2.75) is 86.5 Å². The Labute approximate surface area is 122 Å². The van der Waals surface area contributed by atoms with Gasteiger partial charge in [0.05, 0.1) is 0 Å². The lowest BCUT2D eigenvalue weighted by Crippen LogP contribution is -2.14. The monoisotopic (exact) mass is 279 g/mol. The van der Waals surface area contributed by atoms with Crippen molar-refractivity contribution in [2.75, 3.05) is 13.1 Å². The molecule has 1 N–H and O–H groups in total. The number of halogens is 1. The van der Waals surface area contributed by atoms with Crippen molar-refractivity contribution in [3.63, 3.8) is 0 Å². The Morgan fingerprint density at radius 3 is 1.33 bits per heavy atom. The van der Waals surface area contributed by atoms with Gasteiger partial charge in [-0.25, -0.2) is 0 Å². The fourth-order valence-electron chi connectivity index (χ4n) is 0.876. The third-order valence-corrected chi connectivity index (χ3v) is 1.76. The van der Waals surface area contributed by atoms with Crippen LogP contribution in [0.25, 0.3) is 0 Å². The molecule has 0 aromatic rings. The Balaban J connectivity index is -0.000000190. The van der Waals surface area contributed by atoms with E-state index in [4.69, 9.17) is 11.6 Å². The molecular weight excluding hydrogens is 242 g/mol. The van der Waals surface area contributed by atoms with Crippen molar-refractivity contribution < 1.29 is 0 Å². The average molecular weight is 280 g/mol. The van der Waals surface area contributed by atoms with Crippen molar-refractivity contribution >= 4 is 11.6 Å². The Kier molecular flexibility index (Phi) is 22.4.